The fourth-order valence-electron chi connectivity index (χ4n) is 3.43. The van der Waals surface area contributed by atoms with Gasteiger partial charge in [-0.25, -0.2) is 15.0 Å². The van der Waals surface area contributed by atoms with Crippen LogP contribution < -0.4 is 5.32 Å². The molecule has 0 bridgehead atoms. The molecule has 1 atom stereocenters. The molecular weight excluding hydrogens is 342 g/mol. The van der Waals surface area contributed by atoms with Gasteiger partial charge in [0.1, 0.15) is 11.8 Å². The smallest absolute Gasteiger partial charge is 0.274 e. The van der Waals surface area contributed by atoms with E-state index >= 15 is 0 Å². The lowest BCUT2D eigenvalue weighted by Crippen LogP contribution is -2.34. The number of carbonyl (C=O) groups is 1. The highest BCUT2D eigenvalue weighted by molar-refractivity contribution is 5.98. The van der Waals surface area contributed by atoms with Gasteiger partial charge in [-0.15, -0.1) is 0 Å². The number of benzene rings is 1. The number of oxazole rings is 1. The third kappa shape index (κ3) is 2.75. The maximum absolute atomic E-state index is 12.7. The monoisotopic (exact) mass is 361 g/mol. The summed E-state index contributed by atoms with van der Waals surface area (Å²) in [4.78, 5) is 25.9. The molecule has 4 aromatic rings. The van der Waals surface area contributed by atoms with Crippen LogP contribution in [-0.2, 0) is 0 Å². The summed E-state index contributed by atoms with van der Waals surface area (Å²) in [7, 11) is 0. The van der Waals surface area contributed by atoms with E-state index < -0.39 is 0 Å². The number of carbonyl (C=O) groups excluding carboxylic acids is 1. The van der Waals surface area contributed by atoms with Gasteiger partial charge in [0.15, 0.2) is 23.3 Å². The zero-order valence-electron chi connectivity index (χ0n) is 15.1. The molecule has 1 saturated carbocycles. The number of nitrogens with zero attached hydrogens (tertiary/aromatic N) is 4. The van der Waals surface area contributed by atoms with Crippen molar-refractivity contribution >= 4 is 22.7 Å². The highest BCUT2D eigenvalue weighted by Gasteiger charge is 2.30. The van der Waals surface area contributed by atoms with Crippen molar-refractivity contribution in [1.29, 1.82) is 0 Å². The van der Waals surface area contributed by atoms with Crippen molar-refractivity contribution in [3.63, 3.8) is 0 Å². The Bertz CT molecular complexity index is 1170. The van der Waals surface area contributed by atoms with E-state index in [9.17, 15) is 4.79 Å². The topological polar surface area (TPSA) is 85.3 Å². The summed E-state index contributed by atoms with van der Waals surface area (Å²) in [5, 5.41) is 3.06. The molecule has 1 aromatic carbocycles. The third-order valence-corrected chi connectivity index (χ3v) is 5.22. The molecule has 1 N–H and O–H groups in total. The Morgan fingerprint density at radius 2 is 2.15 bits per heavy atom. The molecule has 5 rings (SSSR count). The minimum atomic E-state index is -0.174. The number of aryl methyl sites for hydroxylation is 1. The highest BCUT2D eigenvalue weighted by atomic mass is 16.3. The number of aromatic nitrogens is 4. The van der Waals surface area contributed by atoms with Gasteiger partial charge in [-0.3, -0.25) is 9.20 Å². The van der Waals surface area contributed by atoms with Gasteiger partial charge in [0.25, 0.3) is 5.91 Å². The Labute approximate surface area is 155 Å². The van der Waals surface area contributed by atoms with E-state index in [-0.39, 0.29) is 11.9 Å². The normalized spacial score (nSPS) is 15.3. The van der Waals surface area contributed by atoms with Crippen molar-refractivity contribution < 1.29 is 9.21 Å². The van der Waals surface area contributed by atoms with Crippen LogP contribution in [0.4, 0.5) is 0 Å². The predicted octanol–water partition coefficient (Wildman–Crippen LogP) is 3.37. The molecule has 0 aliphatic heterocycles. The lowest BCUT2D eigenvalue weighted by atomic mass is 10.1. The summed E-state index contributed by atoms with van der Waals surface area (Å²) in [6.07, 6.45) is 5.43. The SMILES string of the molecule is Cc1cc(-c2ccc3ncoc3c2)nc2c(C(=O)N[C@@H](C)C3CC3)ncn12. The van der Waals surface area contributed by atoms with Crippen LogP contribution in [-0.4, -0.2) is 31.3 Å². The molecule has 27 heavy (non-hydrogen) atoms. The molecule has 0 unspecified atom stereocenters. The molecular formula is C20H19N5O2. The van der Waals surface area contributed by atoms with Crippen LogP contribution >= 0.6 is 0 Å². The van der Waals surface area contributed by atoms with Crippen molar-refractivity contribution in [1.82, 2.24) is 24.7 Å². The first kappa shape index (κ1) is 16.0. The first-order valence-electron chi connectivity index (χ1n) is 9.09. The second-order valence-electron chi connectivity index (χ2n) is 7.20. The summed E-state index contributed by atoms with van der Waals surface area (Å²) in [5.41, 5.74) is 5.05. The minimum absolute atomic E-state index is 0.160. The van der Waals surface area contributed by atoms with Gasteiger partial charge in [0.05, 0.1) is 5.69 Å². The van der Waals surface area contributed by atoms with Crippen molar-refractivity contribution in [3.05, 3.63) is 48.4 Å². The van der Waals surface area contributed by atoms with Crippen LogP contribution in [0, 0.1) is 12.8 Å². The number of hydrogen-bond acceptors (Lipinski definition) is 5. The second kappa shape index (κ2) is 5.90. The molecule has 3 heterocycles. The fraction of sp³-hybridized carbons (Fsp3) is 0.300. The van der Waals surface area contributed by atoms with E-state index in [4.69, 9.17) is 9.40 Å². The van der Waals surface area contributed by atoms with E-state index in [1.54, 1.807) is 6.33 Å². The van der Waals surface area contributed by atoms with Gasteiger partial charge in [0.2, 0.25) is 0 Å². The maximum atomic E-state index is 12.7. The number of hydrogen-bond donors (Lipinski definition) is 1. The second-order valence-corrected chi connectivity index (χ2v) is 7.20. The number of nitrogens with one attached hydrogen (secondary N) is 1. The van der Waals surface area contributed by atoms with E-state index in [0.29, 0.717) is 22.8 Å². The van der Waals surface area contributed by atoms with E-state index in [0.717, 1.165) is 22.5 Å². The molecule has 3 aromatic heterocycles. The summed E-state index contributed by atoms with van der Waals surface area (Å²) in [6.45, 7) is 4.02. The Kier molecular flexibility index (Phi) is 3.50. The van der Waals surface area contributed by atoms with Crippen LogP contribution in [0.15, 0.2) is 41.4 Å². The Morgan fingerprint density at radius 1 is 1.30 bits per heavy atom. The van der Waals surface area contributed by atoms with Crippen molar-refractivity contribution in [2.45, 2.75) is 32.7 Å². The van der Waals surface area contributed by atoms with E-state index in [1.165, 1.54) is 19.2 Å². The number of imidazole rings is 1. The van der Waals surface area contributed by atoms with Crippen LogP contribution in [0.25, 0.3) is 28.0 Å². The van der Waals surface area contributed by atoms with E-state index in [2.05, 4.69) is 15.3 Å². The molecule has 136 valence electrons. The molecule has 0 spiro atoms. The zero-order chi connectivity index (χ0) is 18.5. The third-order valence-electron chi connectivity index (χ3n) is 5.22. The lowest BCUT2D eigenvalue weighted by Gasteiger charge is -2.12. The van der Waals surface area contributed by atoms with Gasteiger partial charge in [-0.1, -0.05) is 6.07 Å². The minimum Gasteiger partial charge on any atom is -0.443 e. The van der Waals surface area contributed by atoms with Crippen LogP contribution in [0.2, 0.25) is 0 Å². The van der Waals surface area contributed by atoms with E-state index in [1.807, 2.05) is 42.5 Å². The standard InChI is InChI=1S/C20H19N5O2/c1-11-7-16(14-5-6-15-17(8-14)27-10-22-15)24-19-18(21-9-25(11)19)20(26)23-12(2)13-3-4-13/h5-10,12-13H,3-4H2,1-2H3,(H,23,26)/t12-/m0/s1. The molecule has 0 saturated heterocycles. The average molecular weight is 361 g/mol. The van der Waals surface area contributed by atoms with Crippen LogP contribution in [0.3, 0.4) is 0 Å². The van der Waals surface area contributed by atoms with Gasteiger partial charge < -0.3 is 9.73 Å². The van der Waals surface area contributed by atoms with Crippen molar-refractivity contribution in [3.8, 4) is 11.3 Å². The predicted molar refractivity (Wildman–Crippen MR) is 100 cm³/mol. The largest absolute Gasteiger partial charge is 0.443 e. The molecule has 1 aliphatic carbocycles. The Morgan fingerprint density at radius 3 is 2.96 bits per heavy atom. The molecule has 7 heteroatoms. The number of fused-ring (bicyclic) bond motifs is 2. The first-order valence-corrected chi connectivity index (χ1v) is 9.09. The molecule has 1 aliphatic rings. The summed E-state index contributed by atoms with van der Waals surface area (Å²) in [6, 6.07) is 7.89. The summed E-state index contributed by atoms with van der Waals surface area (Å²) < 4.78 is 7.24. The van der Waals surface area contributed by atoms with Crippen molar-refractivity contribution in [2.24, 2.45) is 5.92 Å². The highest BCUT2D eigenvalue weighted by Crippen LogP contribution is 2.32. The van der Waals surface area contributed by atoms with Crippen LogP contribution in [0.1, 0.15) is 35.9 Å². The lowest BCUT2D eigenvalue weighted by molar-refractivity contribution is 0.0933. The van der Waals surface area contributed by atoms with Gasteiger partial charge in [-0.2, -0.15) is 0 Å². The molecule has 7 nitrogen and oxygen atoms in total. The zero-order valence-corrected chi connectivity index (χ0v) is 15.1. The average Bonchev–Trinajstić information content (AvgIpc) is 3.25. The molecule has 0 radical (unpaired) electrons. The fourth-order valence-corrected chi connectivity index (χ4v) is 3.43. The quantitative estimate of drug-likeness (QED) is 0.602. The number of rotatable bonds is 4. The molecule has 1 amide bonds. The Balaban J connectivity index is 1.57. The van der Waals surface area contributed by atoms with Crippen LogP contribution in [0.5, 0.6) is 0 Å². The van der Waals surface area contributed by atoms with Gasteiger partial charge in [0, 0.05) is 17.3 Å². The number of amides is 1. The van der Waals surface area contributed by atoms with Gasteiger partial charge in [-0.05, 0) is 50.8 Å². The van der Waals surface area contributed by atoms with Gasteiger partial charge >= 0.3 is 0 Å². The first-order chi connectivity index (χ1) is 13.1. The molecule has 1 fully saturated rings. The summed E-state index contributed by atoms with van der Waals surface area (Å²) >= 11 is 0. The maximum Gasteiger partial charge on any atom is 0.274 e. The summed E-state index contributed by atoms with van der Waals surface area (Å²) in [5.74, 6) is 0.411. The Hall–Kier alpha value is -3.22. The van der Waals surface area contributed by atoms with Crippen molar-refractivity contribution in [2.75, 3.05) is 0 Å².